The van der Waals surface area contributed by atoms with Gasteiger partial charge in [0.15, 0.2) is 0 Å². The Labute approximate surface area is 274 Å². The maximum atomic E-state index is 13.7. The van der Waals surface area contributed by atoms with Crippen LogP contribution in [-0.2, 0) is 28.7 Å². The van der Waals surface area contributed by atoms with Crippen molar-refractivity contribution in [1.82, 2.24) is 9.80 Å². The van der Waals surface area contributed by atoms with E-state index in [9.17, 15) is 18.0 Å². The summed E-state index contributed by atoms with van der Waals surface area (Å²) in [6, 6.07) is 31.7. The second-order valence-electron chi connectivity index (χ2n) is 11.2. The fourth-order valence-corrected chi connectivity index (χ4v) is 5.61. The third kappa shape index (κ3) is 10.3. The number of carbonyl (C=O) groups is 1. The zero-order valence-electron chi connectivity index (χ0n) is 26.2. The fraction of sp³-hybridized carbons (Fsp3) is 0.324. The summed E-state index contributed by atoms with van der Waals surface area (Å²) >= 11 is 6.34. The van der Waals surface area contributed by atoms with Crippen molar-refractivity contribution in [2.75, 3.05) is 47.0 Å². The molecular weight excluding hydrogens is 613 g/mol. The van der Waals surface area contributed by atoms with Gasteiger partial charge in [-0.05, 0) is 46.9 Å². The number of hydrogen-bond donors (Lipinski definition) is 0. The second-order valence-corrected chi connectivity index (χ2v) is 11.6. The summed E-state index contributed by atoms with van der Waals surface area (Å²) < 4.78 is 52.2. The average Bonchev–Trinajstić information content (AvgIpc) is 3.05. The molecule has 0 N–H and O–H groups in total. The Morgan fingerprint density at radius 1 is 0.848 bits per heavy atom. The molecule has 0 saturated heterocycles. The molecule has 4 rings (SSSR count). The van der Waals surface area contributed by atoms with Crippen LogP contribution in [0.3, 0.4) is 0 Å². The molecule has 4 aromatic carbocycles. The van der Waals surface area contributed by atoms with E-state index in [0.717, 1.165) is 22.8 Å². The molecule has 0 aromatic heterocycles. The predicted molar refractivity (Wildman–Crippen MR) is 176 cm³/mol. The number of ether oxygens (including phenoxy) is 2. The van der Waals surface area contributed by atoms with Crippen molar-refractivity contribution in [3.63, 3.8) is 0 Å². The number of nitrogens with zero attached hydrogens (tertiary/aromatic N) is 2. The molecule has 0 aliphatic heterocycles. The molecule has 46 heavy (non-hydrogen) atoms. The Bertz CT molecular complexity index is 1480. The Balaban J connectivity index is 1.48. The molecule has 0 radical (unpaired) electrons. The van der Waals surface area contributed by atoms with Gasteiger partial charge < -0.3 is 14.4 Å². The van der Waals surface area contributed by atoms with Crippen molar-refractivity contribution >= 4 is 17.5 Å². The Kier molecular flexibility index (Phi) is 13.1. The third-order valence-corrected chi connectivity index (χ3v) is 8.27. The lowest BCUT2D eigenvalue weighted by molar-refractivity contribution is -0.137. The summed E-state index contributed by atoms with van der Waals surface area (Å²) in [4.78, 5) is 16.3. The SMILES string of the molecule is COCCN(C)C(=O)Cc1cccc(OCCCN(Cc2cccc(C(F)(F)F)c2Cl)CC(c2ccccc2)c2ccccc2)c1. The number of carbonyl (C=O) groups excluding carboxylic acids is 1. The van der Waals surface area contributed by atoms with Crippen LogP contribution in [0.1, 0.15) is 40.2 Å². The summed E-state index contributed by atoms with van der Waals surface area (Å²) in [5, 5.41) is -0.272. The molecule has 0 fully saturated rings. The Hall–Kier alpha value is -3.85. The van der Waals surface area contributed by atoms with E-state index >= 15 is 0 Å². The van der Waals surface area contributed by atoms with E-state index in [1.165, 1.54) is 6.07 Å². The van der Waals surface area contributed by atoms with Crippen LogP contribution >= 0.6 is 11.6 Å². The first-order valence-corrected chi connectivity index (χ1v) is 15.6. The lowest BCUT2D eigenvalue weighted by atomic mass is 9.90. The van der Waals surface area contributed by atoms with Gasteiger partial charge >= 0.3 is 6.18 Å². The van der Waals surface area contributed by atoms with Gasteiger partial charge in [-0.25, -0.2) is 0 Å². The molecular formula is C37H40ClF3N2O3. The third-order valence-electron chi connectivity index (χ3n) is 7.82. The molecule has 0 saturated carbocycles. The van der Waals surface area contributed by atoms with Gasteiger partial charge in [0, 0.05) is 46.3 Å². The van der Waals surface area contributed by atoms with Crippen molar-refractivity contribution in [3.05, 3.63) is 136 Å². The van der Waals surface area contributed by atoms with Crippen LogP contribution in [0, 0.1) is 0 Å². The largest absolute Gasteiger partial charge is 0.494 e. The molecule has 5 nitrogen and oxygen atoms in total. The quantitative estimate of drug-likeness (QED) is 0.115. The molecule has 0 heterocycles. The summed E-state index contributed by atoms with van der Waals surface area (Å²) in [5.74, 6) is 0.636. The monoisotopic (exact) mass is 652 g/mol. The van der Waals surface area contributed by atoms with Crippen LogP contribution in [0.4, 0.5) is 13.2 Å². The van der Waals surface area contributed by atoms with Crippen LogP contribution in [0.5, 0.6) is 5.75 Å². The van der Waals surface area contributed by atoms with E-state index < -0.39 is 11.7 Å². The number of benzene rings is 4. The summed E-state index contributed by atoms with van der Waals surface area (Å²) in [6.45, 7) is 2.75. The van der Waals surface area contributed by atoms with Crippen LogP contribution in [-0.4, -0.2) is 62.7 Å². The minimum absolute atomic E-state index is 0.00974. The van der Waals surface area contributed by atoms with Crippen LogP contribution in [0.2, 0.25) is 5.02 Å². The predicted octanol–water partition coefficient (Wildman–Crippen LogP) is 8.11. The number of hydrogen-bond acceptors (Lipinski definition) is 4. The smallest absolute Gasteiger partial charge is 0.417 e. The molecule has 1 amide bonds. The van der Waals surface area contributed by atoms with Gasteiger partial charge in [0.2, 0.25) is 5.91 Å². The molecule has 0 bridgehead atoms. The van der Waals surface area contributed by atoms with E-state index in [1.807, 2.05) is 60.7 Å². The maximum Gasteiger partial charge on any atom is 0.417 e. The number of likely N-dealkylation sites (N-methyl/N-ethyl adjacent to an activating group) is 1. The van der Waals surface area contributed by atoms with E-state index in [4.69, 9.17) is 21.1 Å². The number of amides is 1. The van der Waals surface area contributed by atoms with E-state index in [0.29, 0.717) is 50.6 Å². The Morgan fingerprint density at radius 2 is 1.50 bits per heavy atom. The first-order chi connectivity index (χ1) is 22.2. The Morgan fingerprint density at radius 3 is 2.13 bits per heavy atom. The highest BCUT2D eigenvalue weighted by molar-refractivity contribution is 6.32. The highest BCUT2D eigenvalue weighted by Crippen LogP contribution is 2.37. The van der Waals surface area contributed by atoms with Gasteiger partial charge in [-0.1, -0.05) is 96.5 Å². The highest BCUT2D eigenvalue weighted by Gasteiger charge is 2.34. The van der Waals surface area contributed by atoms with E-state index in [2.05, 4.69) is 29.2 Å². The topological polar surface area (TPSA) is 42.0 Å². The zero-order chi connectivity index (χ0) is 32.9. The van der Waals surface area contributed by atoms with Crippen molar-refractivity contribution in [3.8, 4) is 5.75 Å². The van der Waals surface area contributed by atoms with Crippen LogP contribution in [0.15, 0.2) is 103 Å². The summed E-state index contributed by atoms with van der Waals surface area (Å²) in [6.07, 6.45) is -3.67. The summed E-state index contributed by atoms with van der Waals surface area (Å²) in [7, 11) is 3.35. The lowest BCUT2D eigenvalue weighted by Gasteiger charge is -2.29. The molecule has 0 atom stereocenters. The van der Waals surface area contributed by atoms with Gasteiger partial charge in [0.1, 0.15) is 5.75 Å². The van der Waals surface area contributed by atoms with Gasteiger partial charge in [-0.2, -0.15) is 13.2 Å². The normalized spacial score (nSPS) is 11.7. The number of alkyl halides is 3. The maximum absolute atomic E-state index is 13.7. The first kappa shape index (κ1) is 35.0. The van der Waals surface area contributed by atoms with Crippen molar-refractivity contribution in [1.29, 1.82) is 0 Å². The van der Waals surface area contributed by atoms with E-state index in [1.54, 1.807) is 25.1 Å². The zero-order valence-corrected chi connectivity index (χ0v) is 26.9. The second kappa shape index (κ2) is 17.2. The minimum Gasteiger partial charge on any atom is -0.494 e. The average molecular weight is 653 g/mol. The standard InChI is InChI=1S/C37H40ClF3N2O3/c1-42(21-23-45-2)35(44)25-28-12-9-18-32(24-28)46-22-11-20-43(26-31-17-10-19-34(36(31)38)37(39,40)41)27-33(29-13-5-3-6-14-29)30-15-7-4-8-16-30/h3-10,12-19,24,33H,11,20-23,25-27H2,1-2H3. The molecule has 4 aromatic rings. The molecule has 0 aliphatic carbocycles. The summed E-state index contributed by atoms with van der Waals surface area (Å²) in [5.41, 5.74) is 2.67. The molecule has 244 valence electrons. The van der Waals surface area contributed by atoms with Gasteiger partial charge in [0.25, 0.3) is 0 Å². The van der Waals surface area contributed by atoms with Gasteiger partial charge in [-0.15, -0.1) is 0 Å². The molecule has 0 aliphatic rings. The highest BCUT2D eigenvalue weighted by atomic mass is 35.5. The number of methoxy groups -OCH3 is 1. The lowest BCUT2D eigenvalue weighted by Crippen LogP contribution is -2.31. The van der Waals surface area contributed by atoms with Gasteiger partial charge in [0.05, 0.1) is 30.2 Å². The van der Waals surface area contributed by atoms with Crippen molar-refractivity contribution < 1.29 is 27.4 Å². The molecule has 9 heteroatoms. The van der Waals surface area contributed by atoms with Gasteiger partial charge in [-0.3, -0.25) is 9.69 Å². The fourth-order valence-electron chi connectivity index (χ4n) is 5.31. The van der Waals surface area contributed by atoms with Crippen LogP contribution < -0.4 is 4.74 Å². The molecule has 0 spiro atoms. The molecule has 0 unspecified atom stereocenters. The number of halogens is 4. The van der Waals surface area contributed by atoms with Crippen molar-refractivity contribution in [2.24, 2.45) is 0 Å². The van der Waals surface area contributed by atoms with Crippen molar-refractivity contribution in [2.45, 2.75) is 31.5 Å². The first-order valence-electron chi connectivity index (χ1n) is 15.3. The minimum atomic E-state index is -4.54. The van der Waals surface area contributed by atoms with Crippen LogP contribution in [0.25, 0.3) is 0 Å². The van der Waals surface area contributed by atoms with E-state index in [-0.39, 0.29) is 29.8 Å². The number of rotatable bonds is 16.